The minimum atomic E-state index is -0.0632. The molecular formula is C32H25N9OS. The van der Waals surface area contributed by atoms with E-state index in [-0.39, 0.29) is 5.91 Å². The van der Waals surface area contributed by atoms with Crippen LogP contribution in [-0.2, 0) is 17.8 Å². The van der Waals surface area contributed by atoms with Crippen molar-refractivity contribution >= 4 is 40.2 Å². The van der Waals surface area contributed by atoms with Gasteiger partial charge in [0.2, 0.25) is 11.9 Å². The summed E-state index contributed by atoms with van der Waals surface area (Å²) >= 11 is 1.57. The van der Waals surface area contributed by atoms with Crippen LogP contribution in [0, 0.1) is 0 Å². The van der Waals surface area contributed by atoms with Crippen molar-refractivity contribution in [3.63, 3.8) is 0 Å². The highest BCUT2D eigenvalue weighted by atomic mass is 32.1. The number of hydrogen-bond acceptors (Lipinski definition) is 8. The molecule has 0 radical (unpaired) electrons. The van der Waals surface area contributed by atoms with E-state index < -0.39 is 0 Å². The van der Waals surface area contributed by atoms with Crippen LogP contribution >= 0.6 is 11.3 Å². The van der Waals surface area contributed by atoms with E-state index in [0.29, 0.717) is 30.3 Å². The van der Waals surface area contributed by atoms with E-state index in [9.17, 15) is 4.79 Å². The van der Waals surface area contributed by atoms with E-state index >= 15 is 0 Å². The van der Waals surface area contributed by atoms with Gasteiger partial charge in [0.25, 0.3) is 0 Å². The first kappa shape index (κ1) is 26.2. The fraction of sp³-hybridized carbons (Fsp3) is 0.0625. The molecule has 210 valence electrons. The summed E-state index contributed by atoms with van der Waals surface area (Å²) in [4.78, 5) is 32.1. The number of hydrogen-bond donors (Lipinski definition) is 2. The van der Waals surface area contributed by atoms with Crippen LogP contribution < -0.4 is 10.6 Å². The van der Waals surface area contributed by atoms with Gasteiger partial charge in [-0.1, -0.05) is 36.4 Å². The Hall–Kier alpha value is -5.68. The monoisotopic (exact) mass is 583 g/mol. The molecule has 0 fully saturated rings. The molecule has 11 heteroatoms. The molecule has 7 rings (SSSR count). The number of carbonyl (C=O) groups excluding carboxylic acids is 1. The van der Waals surface area contributed by atoms with Gasteiger partial charge in [0, 0.05) is 34.2 Å². The molecule has 43 heavy (non-hydrogen) atoms. The van der Waals surface area contributed by atoms with Gasteiger partial charge < -0.3 is 10.6 Å². The number of amides is 1. The second kappa shape index (κ2) is 11.7. The summed E-state index contributed by atoms with van der Waals surface area (Å²) in [7, 11) is 0. The fourth-order valence-corrected chi connectivity index (χ4v) is 5.59. The Morgan fingerprint density at radius 1 is 0.907 bits per heavy atom. The van der Waals surface area contributed by atoms with Crippen LogP contribution in [0.4, 0.5) is 17.3 Å². The van der Waals surface area contributed by atoms with Crippen LogP contribution in [-0.4, -0.2) is 40.0 Å². The van der Waals surface area contributed by atoms with E-state index in [4.69, 9.17) is 9.97 Å². The molecule has 1 amide bonds. The number of anilines is 3. The number of carbonyl (C=O) groups is 1. The largest absolute Gasteiger partial charge is 0.326 e. The van der Waals surface area contributed by atoms with Crippen molar-refractivity contribution in [2.24, 2.45) is 0 Å². The average Bonchev–Trinajstić information content (AvgIpc) is 3.79. The normalized spacial score (nSPS) is 11.1. The maximum atomic E-state index is 12.7. The summed E-state index contributed by atoms with van der Waals surface area (Å²) in [6.45, 7) is 0.606. The van der Waals surface area contributed by atoms with E-state index in [1.807, 2.05) is 101 Å². The van der Waals surface area contributed by atoms with E-state index in [1.165, 1.54) is 6.33 Å². The summed E-state index contributed by atoms with van der Waals surface area (Å²) in [5.41, 5.74) is 6.56. The lowest BCUT2D eigenvalue weighted by molar-refractivity contribution is -0.115. The molecule has 5 heterocycles. The Balaban J connectivity index is 1.20. The molecule has 0 aliphatic carbocycles. The van der Waals surface area contributed by atoms with Gasteiger partial charge in [0.05, 0.1) is 30.0 Å². The van der Waals surface area contributed by atoms with E-state index in [2.05, 4.69) is 25.7 Å². The average molecular weight is 584 g/mol. The zero-order chi connectivity index (χ0) is 29.0. The molecule has 0 bridgehead atoms. The van der Waals surface area contributed by atoms with Gasteiger partial charge in [0.1, 0.15) is 18.3 Å². The summed E-state index contributed by atoms with van der Waals surface area (Å²) in [5, 5.41) is 12.5. The minimum absolute atomic E-state index is 0.0632. The number of nitrogens with zero attached hydrogens (tertiary/aromatic N) is 7. The van der Waals surface area contributed by atoms with Crippen molar-refractivity contribution in [2.75, 3.05) is 10.6 Å². The molecule has 7 aromatic rings. The van der Waals surface area contributed by atoms with E-state index in [0.717, 1.165) is 38.7 Å². The molecule has 0 atom stereocenters. The number of pyridine rings is 1. The second-order valence-corrected chi connectivity index (χ2v) is 10.8. The third-order valence-electron chi connectivity index (χ3n) is 6.76. The van der Waals surface area contributed by atoms with Gasteiger partial charge in [-0.05, 0) is 59.5 Å². The first-order chi connectivity index (χ1) is 21.2. The Morgan fingerprint density at radius 2 is 1.84 bits per heavy atom. The van der Waals surface area contributed by atoms with Crippen LogP contribution in [0.1, 0.15) is 10.4 Å². The molecule has 0 spiro atoms. The number of rotatable bonds is 9. The lowest BCUT2D eigenvalue weighted by Gasteiger charge is -2.10. The Kier molecular flexibility index (Phi) is 7.12. The number of nitrogens with one attached hydrogen (secondary N) is 2. The van der Waals surface area contributed by atoms with Crippen LogP contribution in [0.25, 0.3) is 28.3 Å². The number of fused-ring (bicyclic) bond motifs is 1. The van der Waals surface area contributed by atoms with Gasteiger partial charge in [0.15, 0.2) is 0 Å². The van der Waals surface area contributed by atoms with Crippen molar-refractivity contribution in [2.45, 2.75) is 13.0 Å². The number of aromatic nitrogens is 7. The summed E-state index contributed by atoms with van der Waals surface area (Å²) in [6, 6.07) is 27.4. The highest BCUT2D eigenvalue weighted by Gasteiger charge is 2.18. The molecule has 0 saturated heterocycles. The third kappa shape index (κ3) is 5.88. The predicted octanol–water partition coefficient (Wildman–Crippen LogP) is 6.08. The maximum Gasteiger partial charge on any atom is 0.229 e. The summed E-state index contributed by atoms with van der Waals surface area (Å²) in [5.74, 6) is 0.397. The van der Waals surface area contributed by atoms with Crippen molar-refractivity contribution in [1.29, 1.82) is 0 Å². The van der Waals surface area contributed by atoms with Gasteiger partial charge in [-0.2, -0.15) is 5.10 Å². The Morgan fingerprint density at radius 3 is 2.72 bits per heavy atom. The van der Waals surface area contributed by atoms with Crippen LogP contribution in [0.3, 0.4) is 0 Å². The minimum Gasteiger partial charge on any atom is -0.326 e. The van der Waals surface area contributed by atoms with Crippen molar-refractivity contribution < 1.29 is 4.79 Å². The summed E-state index contributed by atoms with van der Waals surface area (Å²) < 4.78 is 3.79. The highest BCUT2D eigenvalue weighted by molar-refractivity contribution is 7.10. The smallest absolute Gasteiger partial charge is 0.229 e. The first-order valence-electron chi connectivity index (χ1n) is 13.6. The van der Waals surface area contributed by atoms with Crippen molar-refractivity contribution in [1.82, 2.24) is 34.1 Å². The standard InChI is InChI=1S/C32H25N9OS/c42-29(18-26-10-5-15-43-26)36-25-9-4-7-23(17-25)30-31(41-14-2-1-11-28(41)39-30)27-12-13-34-32(38-27)37-24-8-3-6-22(16-24)19-40-21-33-20-35-40/h1-17,20-21H,18-19H2,(H,36,42)(H,34,37,38). The van der Waals surface area contributed by atoms with Crippen molar-refractivity contribution in [3.05, 3.63) is 126 Å². The lowest BCUT2D eigenvalue weighted by atomic mass is 10.1. The van der Waals surface area contributed by atoms with Gasteiger partial charge in [-0.25, -0.2) is 24.6 Å². The fourth-order valence-electron chi connectivity index (χ4n) is 4.89. The van der Waals surface area contributed by atoms with Gasteiger partial charge >= 0.3 is 0 Å². The van der Waals surface area contributed by atoms with E-state index in [1.54, 1.807) is 28.5 Å². The molecule has 0 saturated carbocycles. The van der Waals surface area contributed by atoms with Gasteiger partial charge in [-0.15, -0.1) is 11.3 Å². The van der Waals surface area contributed by atoms with Crippen LogP contribution in [0.2, 0.25) is 0 Å². The summed E-state index contributed by atoms with van der Waals surface area (Å²) in [6.07, 6.45) is 7.25. The first-order valence-corrected chi connectivity index (χ1v) is 14.5. The van der Waals surface area contributed by atoms with Crippen molar-refractivity contribution in [3.8, 4) is 22.6 Å². The Labute approximate surface area is 250 Å². The highest BCUT2D eigenvalue weighted by Crippen LogP contribution is 2.33. The lowest BCUT2D eigenvalue weighted by Crippen LogP contribution is -2.13. The molecule has 0 aliphatic rings. The zero-order valence-corrected chi connectivity index (χ0v) is 23.6. The number of thiophene rings is 1. The molecule has 0 unspecified atom stereocenters. The third-order valence-corrected chi connectivity index (χ3v) is 7.63. The number of imidazole rings is 1. The molecule has 10 nitrogen and oxygen atoms in total. The quantitative estimate of drug-likeness (QED) is 0.212. The van der Waals surface area contributed by atoms with Crippen LogP contribution in [0.5, 0.6) is 0 Å². The molecule has 0 aliphatic heterocycles. The SMILES string of the molecule is O=C(Cc1cccs1)Nc1cccc(-c2nc3ccccn3c2-c2ccnc(Nc3cccc(Cn4cncn4)c3)n2)c1. The van der Waals surface area contributed by atoms with Crippen LogP contribution in [0.15, 0.2) is 115 Å². The molecule has 5 aromatic heterocycles. The molecule has 2 N–H and O–H groups in total. The predicted molar refractivity (Wildman–Crippen MR) is 167 cm³/mol. The molecular weight excluding hydrogens is 558 g/mol. The zero-order valence-electron chi connectivity index (χ0n) is 22.8. The van der Waals surface area contributed by atoms with Gasteiger partial charge in [-0.3, -0.25) is 9.20 Å². The Bertz CT molecular complexity index is 2020. The number of benzene rings is 2. The second-order valence-electron chi connectivity index (χ2n) is 9.81. The maximum absolute atomic E-state index is 12.7. The topological polar surface area (TPSA) is 115 Å². The molecule has 2 aromatic carbocycles.